The Morgan fingerprint density at radius 3 is 2.40 bits per heavy atom. The van der Waals surface area contributed by atoms with Crippen LogP contribution in [0, 0.1) is 11.3 Å². The molecule has 0 spiro atoms. The van der Waals surface area contributed by atoms with Crippen molar-refractivity contribution >= 4 is 6.03 Å². The zero-order chi connectivity index (χ0) is 8.20. The summed E-state index contributed by atoms with van der Waals surface area (Å²) in [4.78, 5) is 10.6. The molecule has 0 heterocycles. The van der Waals surface area contributed by atoms with Gasteiger partial charge in [-0.2, -0.15) is 5.26 Å². The molecule has 0 rings (SSSR count). The van der Waals surface area contributed by atoms with Gasteiger partial charge in [-0.15, -0.1) is 0 Å². The molecule has 0 aromatic rings. The smallest absolute Gasteiger partial charge is 0.315 e. The maximum Gasteiger partial charge on any atom is 0.315 e. The summed E-state index contributed by atoms with van der Waals surface area (Å²) in [6.45, 7) is 3.25. The van der Waals surface area contributed by atoms with Crippen LogP contribution in [0.5, 0.6) is 0 Å². The Balaban J connectivity index is 3.92. The minimum absolute atomic E-state index is 0.341. The van der Waals surface area contributed by atoms with Gasteiger partial charge in [-0.3, -0.25) is 0 Å². The molecule has 10 heavy (non-hydrogen) atoms. The molecule has 56 valence electrons. The van der Waals surface area contributed by atoms with E-state index in [9.17, 15) is 4.79 Å². The second-order valence-corrected chi connectivity index (χ2v) is 2.44. The summed E-state index contributed by atoms with van der Waals surface area (Å²) < 4.78 is 0. The molecule has 2 amide bonds. The Morgan fingerprint density at radius 1 is 1.60 bits per heavy atom. The molecule has 0 radical (unpaired) electrons. The van der Waals surface area contributed by atoms with Gasteiger partial charge in [-0.1, -0.05) is 0 Å². The highest BCUT2D eigenvalue weighted by molar-refractivity contribution is 5.74. The number of hydrogen-bond donors (Lipinski definition) is 2. The predicted molar refractivity (Wildman–Crippen MR) is 37.3 cm³/mol. The number of nitrogens with zero attached hydrogens (tertiary/aromatic N) is 1. The topological polar surface area (TPSA) is 64.9 Å². The number of rotatable bonds is 1. The Bertz CT molecular complexity index is 168. The first-order valence-corrected chi connectivity index (χ1v) is 2.93. The molecule has 0 aromatic carbocycles. The van der Waals surface area contributed by atoms with Crippen molar-refractivity contribution in [2.75, 3.05) is 7.05 Å². The van der Waals surface area contributed by atoms with Gasteiger partial charge in [-0.25, -0.2) is 4.79 Å². The van der Waals surface area contributed by atoms with Crippen molar-refractivity contribution in [1.82, 2.24) is 10.6 Å². The molecule has 2 N–H and O–H groups in total. The van der Waals surface area contributed by atoms with Gasteiger partial charge in [0.2, 0.25) is 0 Å². The van der Waals surface area contributed by atoms with Gasteiger partial charge >= 0.3 is 6.03 Å². The van der Waals surface area contributed by atoms with E-state index < -0.39 is 5.54 Å². The fraction of sp³-hybridized carbons (Fsp3) is 0.667. The number of urea groups is 1. The van der Waals surface area contributed by atoms with Crippen molar-refractivity contribution in [3.63, 3.8) is 0 Å². The van der Waals surface area contributed by atoms with E-state index >= 15 is 0 Å². The van der Waals surface area contributed by atoms with Crippen molar-refractivity contribution in [2.24, 2.45) is 0 Å². The maximum absolute atomic E-state index is 10.6. The molecule has 4 heteroatoms. The fourth-order valence-electron chi connectivity index (χ4n) is 0.374. The van der Waals surface area contributed by atoms with Crippen LogP contribution < -0.4 is 10.6 Å². The predicted octanol–water partition coefficient (Wildman–Crippen LogP) is 0.218. The zero-order valence-corrected chi connectivity index (χ0v) is 6.36. The van der Waals surface area contributed by atoms with Crippen molar-refractivity contribution in [3.05, 3.63) is 0 Å². The first-order valence-electron chi connectivity index (χ1n) is 2.93. The monoisotopic (exact) mass is 141 g/mol. The zero-order valence-electron chi connectivity index (χ0n) is 6.36. The van der Waals surface area contributed by atoms with E-state index in [0.29, 0.717) is 0 Å². The van der Waals surface area contributed by atoms with Crippen LogP contribution in [0.25, 0.3) is 0 Å². The third-order valence-electron chi connectivity index (χ3n) is 0.933. The quantitative estimate of drug-likeness (QED) is 0.548. The molecule has 0 aliphatic rings. The van der Waals surface area contributed by atoms with Gasteiger partial charge in [0.15, 0.2) is 0 Å². The molecule has 0 aliphatic carbocycles. The largest absolute Gasteiger partial charge is 0.341 e. The molecule has 0 aromatic heterocycles. The standard InChI is InChI=1S/C6H11N3O/c1-6(2,4-7)9-5(10)8-3/h1-3H3,(H2,8,9,10). The summed E-state index contributed by atoms with van der Waals surface area (Å²) in [7, 11) is 1.50. The molecular formula is C6H11N3O. The van der Waals surface area contributed by atoms with E-state index in [0.717, 1.165) is 0 Å². The van der Waals surface area contributed by atoms with Crippen LogP contribution in [0.15, 0.2) is 0 Å². The third-order valence-corrected chi connectivity index (χ3v) is 0.933. The number of nitriles is 1. The molecule has 0 bridgehead atoms. The van der Waals surface area contributed by atoms with Gasteiger partial charge in [0, 0.05) is 7.05 Å². The highest BCUT2D eigenvalue weighted by atomic mass is 16.2. The lowest BCUT2D eigenvalue weighted by Gasteiger charge is -2.16. The highest BCUT2D eigenvalue weighted by Gasteiger charge is 2.17. The Labute approximate surface area is 60.2 Å². The van der Waals surface area contributed by atoms with E-state index in [-0.39, 0.29) is 6.03 Å². The number of carbonyl (C=O) groups excluding carboxylic acids is 1. The Hall–Kier alpha value is -1.24. The van der Waals surface area contributed by atoms with Crippen LogP contribution in [-0.2, 0) is 0 Å². The molecule has 0 saturated carbocycles. The van der Waals surface area contributed by atoms with E-state index in [1.807, 2.05) is 6.07 Å². The number of carbonyl (C=O) groups is 1. The fourth-order valence-corrected chi connectivity index (χ4v) is 0.374. The van der Waals surface area contributed by atoms with Gasteiger partial charge in [0.25, 0.3) is 0 Å². The van der Waals surface area contributed by atoms with Gasteiger partial charge in [-0.05, 0) is 13.8 Å². The summed E-state index contributed by atoms with van der Waals surface area (Å²) in [6, 6.07) is 1.59. The average molecular weight is 141 g/mol. The summed E-state index contributed by atoms with van der Waals surface area (Å²) in [5.41, 5.74) is -0.792. The molecule has 0 saturated heterocycles. The minimum atomic E-state index is -0.792. The van der Waals surface area contributed by atoms with Crippen LogP contribution in [0.4, 0.5) is 4.79 Å². The van der Waals surface area contributed by atoms with Crippen LogP contribution >= 0.6 is 0 Å². The normalized spacial score (nSPS) is 9.80. The highest BCUT2D eigenvalue weighted by Crippen LogP contribution is 1.96. The Morgan fingerprint density at radius 2 is 2.10 bits per heavy atom. The van der Waals surface area contributed by atoms with Crippen LogP contribution in [0.2, 0.25) is 0 Å². The van der Waals surface area contributed by atoms with E-state index in [1.54, 1.807) is 13.8 Å². The number of amides is 2. The van der Waals surface area contributed by atoms with Crippen molar-refractivity contribution in [3.8, 4) is 6.07 Å². The molecule has 0 fully saturated rings. The summed E-state index contributed by atoms with van der Waals surface area (Å²) in [5.74, 6) is 0. The van der Waals surface area contributed by atoms with Gasteiger partial charge < -0.3 is 10.6 Å². The van der Waals surface area contributed by atoms with Crippen molar-refractivity contribution < 1.29 is 4.79 Å². The first kappa shape index (κ1) is 8.76. The van der Waals surface area contributed by atoms with Gasteiger partial charge in [0.1, 0.15) is 5.54 Å². The molecule has 4 nitrogen and oxygen atoms in total. The lowest BCUT2D eigenvalue weighted by Crippen LogP contribution is -2.46. The van der Waals surface area contributed by atoms with Crippen molar-refractivity contribution in [2.45, 2.75) is 19.4 Å². The molecule has 0 aliphatic heterocycles. The molecule has 0 unspecified atom stereocenters. The Kier molecular flexibility index (Phi) is 2.68. The summed E-state index contributed by atoms with van der Waals surface area (Å²) >= 11 is 0. The van der Waals surface area contributed by atoms with Crippen molar-refractivity contribution in [1.29, 1.82) is 5.26 Å². The lowest BCUT2D eigenvalue weighted by atomic mass is 10.1. The third kappa shape index (κ3) is 2.92. The summed E-state index contributed by atoms with van der Waals surface area (Å²) in [5, 5.41) is 13.2. The van der Waals surface area contributed by atoms with E-state index in [2.05, 4.69) is 10.6 Å². The summed E-state index contributed by atoms with van der Waals surface area (Å²) in [6.07, 6.45) is 0. The average Bonchev–Trinajstić information content (AvgIpc) is 1.87. The second kappa shape index (κ2) is 3.06. The van der Waals surface area contributed by atoms with Crippen LogP contribution in [-0.4, -0.2) is 18.6 Å². The minimum Gasteiger partial charge on any atom is -0.341 e. The SMILES string of the molecule is CNC(=O)NC(C)(C)C#N. The molecule has 0 atom stereocenters. The maximum atomic E-state index is 10.6. The van der Waals surface area contributed by atoms with E-state index in [1.165, 1.54) is 7.05 Å². The second-order valence-electron chi connectivity index (χ2n) is 2.44. The molecular weight excluding hydrogens is 130 g/mol. The lowest BCUT2D eigenvalue weighted by molar-refractivity contribution is 0.237. The van der Waals surface area contributed by atoms with E-state index in [4.69, 9.17) is 5.26 Å². The number of hydrogen-bond acceptors (Lipinski definition) is 2. The van der Waals surface area contributed by atoms with Crippen LogP contribution in [0.3, 0.4) is 0 Å². The first-order chi connectivity index (χ1) is 4.52. The van der Waals surface area contributed by atoms with Gasteiger partial charge in [0.05, 0.1) is 6.07 Å². The number of nitrogens with one attached hydrogen (secondary N) is 2. The van der Waals surface area contributed by atoms with Crippen LogP contribution in [0.1, 0.15) is 13.8 Å².